The molecule has 1 aliphatic carbocycles. The Morgan fingerprint density at radius 3 is 2.71 bits per heavy atom. The van der Waals surface area contributed by atoms with E-state index in [-0.39, 0.29) is 16.2 Å². The van der Waals surface area contributed by atoms with E-state index in [1.54, 1.807) is 11.6 Å². The van der Waals surface area contributed by atoms with E-state index in [1.807, 2.05) is 13.2 Å². The van der Waals surface area contributed by atoms with Crippen LogP contribution in [0.2, 0.25) is 0 Å². The average molecular weight is 368 g/mol. The van der Waals surface area contributed by atoms with Gasteiger partial charge in [-0.1, -0.05) is 13.8 Å². The minimum Gasteiger partial charge on any atom is -0.462 e. The van der Waals surface area contributed by atoms with Crippen LogP contribution < -0.4 is 0 Å². The predicted molar refractivity (Wildman–Crippen MR) is 92.3 cm³/mol. The Balaban J connectivity index is 2.36. The second kappa shape index (κ2) is 5.42. The molecular formula is C16H20N2O4S2. The van der Waals surface area contributed by atoms with E-state index in [4.69, 9.17) is 4.74 Å². The van der Waals surface area contributed by atoms with Crippen molar-refractivity contribution in [2.75, 3.05) is 12.9 Å². The number of ether oxygens (including phenoxy) is 1. The van der Waals surface area contributed by atoms with Crippen molar-refractivity contribution in [1.82, 2.24) is 9.78 Å². The zero-order valence-electron chi connectivity index (χ0n) is 14.3. The number of hydrogen-bond donors (Lipinski definition) is 0. The van der Waals surface area contributed by atoms with Crippen molar-refractivity contribution < 1.29 is 17.9 Å². The van der Waals surface area contributed by atoms with E-state index in [2.05, 4.69) is 18.9 Å². The summed E-state index contributed by atoms with van der Waals surface area (Å²) in [4.78, 5) is 12.7. The standard InChI is InChI=1S/C16H20N2O4S2/c1-6-22-14(19)13-9-7-16(2,3)10-8-18(4)17-12(10)11(9)15(23-13)24(5,20)21/h8H,6-7H2,1-5H3. The third kappa shape index (κ3) is 2.57. The number of thiophene rings is 1. The van der Waals surface area contributed by atoms with Gasteiger partial charge in [0, 0.05) is 30.6 Å². The van der Waals surface area contributed by atoms with Crippen LogP contribution in [0.3, 0.4) is 0 Å². The highest BCUT2D eigenvalue weighted by Crippen LogP contribution is 2.49. The maximum Gasteiger partial charge on any atom is 0.348 e. The Bertz CT molecular complexity index is 936. The third-order valence-corrected chi connectivity index (χ3v) is 7.23. The fourth-order valence-electron chi connectivity index (χ4n) is 3.18. The van der Waals surface area contributed by atoms with Crippen LogP contribution in [0.1, 0.15) is 41.6 Å². The first-order chi connectivity index (χ1) is 11.1. The number of hydrogen-bond acceptors (Lipinski definition) is 6. The first kappa shape index (κ1) is 17.2. The van der Waals surface area contributed by atoms with Gasteiger partial charge in [-0.3, -0.25) is 4.68 Å². The molecule has 0 atom stereocenters. The molecule has 0 unspecified atom stereocenters. The van der Waals surface area contributed by atoms with E-state index in [0.29, 0.717) is 22.6 Å². The lowest BCUT2D eigenvalue weighted by atomic mass is 9.73. The topological polar surface area (TPSA) is 78.3 Å². The number of fused-ring (bicyclic) bond motifs is 3. The largest absolute Gasteiger partial charge is 0.462 e. The van der Waals surface area contributed by atoms with Crippen molar-refractivity contribution in [1.29, 1.82) is 0 Å². The van der Waals surface area contributed by atoms with Crippen LogP contribution >= 0.6 is 11.3 Å². The van der Waals surface area contributed by atoms with Gasteiger partial charge in [0.25, 0.3) is 0 Å². The molecule has 0 fully saturated rings. The van der Waals surface area contributed by atoms with Crippen molar-refractivity contribution in [3.63, 3.8) is 0 Å². The first-order valence-corrected chi connectivity index (χ1v) is 10.3. The van der Waals surface area contributed by atoms with Crippen LogP contribution in [0.15, 0.2) is 10.4 Å². The smallest absolute Gasteiger partial charge is 0.348 e. The Hall–Kier alpha value is -1.67. The van der Waals surface area contributed by atoms with Crippen molar-refractivity contribution in [3.8, 4) is 11.3 Å². The molecule has 1 aliphatic rings. The lowest BCUT2D eigenvalue weighted by Gasteiger charge is -2.29. The van der Waals surface area contributed by atoms with Crippen LogP contribution in [0, 0.1) is 0 Å². The Kier molecular flexibility index (Phi) is 3.88. The number of rotatable bonds is 3. The molecule has 0 saturated heterocycles. The van der Waals surface area contributed by atoms with E-state index >= 15 is 0 Å². The van der Waals surface area contributed by atoms with Gasteiger partial charge in [0.05, 0.1) is 12.3 Å². The molecule has 0 spiro atoms. The summed E-state index contributed by atoms with van der Waals surface area (Å²) >= 11 is 0.992. The second-order valence-corrected chi connectivity index (χ2v) is 9.92. The summed E-state index contributed by atoms with van der Waals surface area (Å²) in [6, 6.07) is 0. The van der Waals surface area contributed by atoms with Crippen molar-refractivity contribution >= 4 is 27.1 Å². The molecule has 6 nitrogen and oxygen atoms in total. The molecule has 8 heteroatoms. The second-order valence-electron chi connectivity index (χ2n) is 6.69. The zero-order chi connectivity index (χ0) is 17.9. The van der Waals surface area contributed by atoms with Gasteiger partial charge >= 0.3 is 5.97 Å². The normalized spacial score (nSPS) is 15.7. The van der Waals surface area contributed by atoms with E-state index in [1.165, 1.54) is 0 Å². The highest BCUT2D eigenvalue weighted by atomic mass is 32.2. The van der Waals surface area contributed by atoms with E-state index in [9.17, 15) is 13.2 Å². The molecule has 0 amide bonds. The van der Waals surface area contributed by atoms with Gasteiger partial charge in [0.15, 0.2) is 9.84 Å². The first-order valence-electron chi connectivity index (χ1n) is 7.63. The molecule has 0 saturated carbocycles. The summed E-state index contributed by atoms with van der Waals surface area (Å²) in [5.41, 5.74) is 2.70. The Morgan fingerprint density at radius 2 is 2.12 bits per heavy atom. The molecule has 0 N–H and O–H groups in total. The zero-order valence-corrected chi connectivity index (χ0v) is 16.0. The molecular weight excluding hydrogens is 348 g/mol. The predicted octanol–water partition coefficient (Wildman–Crippen LogP) is 2.56. The fraction of sp³-hybridized carbons (Fsp3) is 0.500. The highest BCUT2D eigenvalue weighted by Gasteiger charge is 2.40. The highest BCUT2D eigenvalue weighted by molar-refractivity contribution is 7.93. The van der Waals surface area contributed by atoms with Gasteiger partial charge in [0.1, 0.15) is 9.09 Å². The molecule has 2 aromatic rings. The average Bonchev–Trinajstić information content (AvgIpc) is 2.99. The number of aryl methyl sites for hydroxylation is 1. The summed E-state index contributed by atoms with van der Waals surface area (Å²) in [6.45, 7) is 6.13. The quantitative estimate of drug-likeness (QED) is 0.778. The van der Waals surface area contributed by atoms with Gasteiger partial charge < -0.3 is 4.74 Å². The lowest BCUT2D eigenvalue weighted by Crippen LogP contribution is -2.26. The van der Waals surface area contributed by atoms with Gasteiger partial charge in [0.2, 0.25) is 0 Å². The van der Waals surface area contributed by atoms with Gasteiger partial charge in [-0.2, -0.15) is 5.10 Å². The van der Waals surface area contributed by atoms with Crippen LogP contribution in [-0.2, 0) is 33.5 Å². The maximum absolute atomic E-state index is 12.4. The molecule has 24 heavy (non-hydrogen) atoms. The minimum atomic E-state index is -3.48. The van der Waals surface area contributed by atoms with Gasteiger partial charge in [-0.15, -0.1) is 11.3 Å². The number of sulfone groups is 1. The van der Waals surface area contributed by atoms with E-state index in [0.717, 1.165) is 28.7 Å². The molecule has 0 aliphatic heterocycles. The molecule has 3 rings (SSSR count). The van der Waals surface area contributed by atoms with Crippen LogP contribution in [0.4, 0.5) is 0 Å². The number of esters is 1. The molecule has 2 heterocycles. The SMILES string of the molecule is CCOC(=O)c1sc(S(C)(=O)=O)c2c1CC(C)(C)c1cn(C)nc1-2. The van der Waals surface area contributed by atoms with Crippen molar-refractivity contribution in [2.24, 2.45) is 7.05 Å². The fourth-order valence-corrected chi connectivity index (χ4v) is 5.57. The maximum atomic E-state index is 12.4. The number of aromatic nitrogens is 2. The van der Waals surface area contributed by atoms with Crippen LogP contribution in [-0.4, -0.2) is 37.0 Å². The summed E-state index contributed by atoms with van der Waals surface area (Å²) in [6.07, 6.45) is 3.66. The molecule has 0 bridgehead atoms. The molecule has 0 radical (unpaired) electrons. The van der Waals surface area contributed by atoms with Crippen molar-refractivity contribution in [2.45, 2.75) is 36.8 Å². The minimum absolute atomic E-state index is 0.191. The van der Waals surface area contributed by atoms with Gasteiger partial charge in [-0.05, 0) is 24.3 Å². The molecule has 0 aromatic carbocycles. The summed E-state index contributed by atoms with van der Waals surface area (Å²) in [5.74, 6) is -0.469. The van der Waals surface area contributed by atoms with E-state index < -0.39 is 15.8 Å². The molecule has 130 valence electrons. The van der Waals surface area contributed by atoms with Crippen molar-refractivity contribution in [3.05, 3.63) is 22.2 Å². The summed E-state index contributed by atoms with van der Waals surface area (Å²) < 4.78 is 31.6. The Labute approximate surface area is 145 Å². The lowest BCUT2D eigenvalue weighted by molar-refractivity contribution is 0.0530. The number of carbonyl (C=O) groups is 1. The van der Waals surface area contributed by atoms with Gasteiger partial charge in [-0.25, -0.2) is 13.2 Å². The summed E-state index contributed by atoms with van der Waals surface area (Å²) in [5, 5.41) is 4.49. The summed E-state index contributed by atoms with van der Waals surface area (Å²) in [7, 11) is -1.67. The number of carbonyl (C=O) groups excluding carboxylic acids is 1. The monoisotopic (exact) mass is 368 g/mol. The van der Waals surface area contributed by atoms with Crippen LogP contribution in [0.25, 0.3) is 11.3 Å². The Morgan fingerprint density at radius 1 is 1.46 bits per heavy atom. The molecule has 2 aromatic heterocycles. The number of nitrogens with zero attached hydrogens (tertiary/aromatic N) is 2. The van der Waals surface area contributed by atoms with Crippen LogP contribution in [0.5, 0.6) is 0 Å². The third-order valence-electron chi connectivity index (χ3n) is 4.19.